The Morgan fingerprint density at radius 2 is 2.19 bits per heavy atom. The average molecular weight is 246 g/mol. The monoisotopic (exact) mass is 245 g/mol. The van der Waals surface area contributed by atoms with Crippen LogP contribution in [0.3, 0.4) is 0 Å². The van der Waals surface area contributed by atoms with Crippen molar-refractivity contribution in [1.82, 2.24) is 9.97 Å². The Hall–Kier alpha value is -1.07. The molecule has 0 fully saturated rings. The molecule has 0 aromatic carbocycles. The van der Waals surface area contributed by atoms with Gasteiger partial charge in [-0.25, -0.2) is 9.97 Å². The fourth-order valence-corrected chi connectivity index (χ4v) is 1.65. The summed E-state index contributed by atoms with van der Waals surface area (Å²) in [4.78, 5) is 7.86. The average Bonchev–Trinajstić information content (AvgIpc) is 2.16. The summed E-state index contributed by atoms with van der Waals surface area (Å²) in [5.41, 5.74) is 0. The molecule has 0 spiro atoms. The van der Waals surface area contributed by atoms with Crippen LogP contribution < -0.4 is 10.1 Å². The quantitative estimate of drug-likeness (QED) is 0.773. The zero-order valence-electron chi connectivity index (χ0n) is 9.57. The molecule has 1 aromatic rings. The first kappa shape index (κ1) is 13.0. The van der Waals surface area contributed by atoms with Crippen LogP contribution in [0.25, 0.3) is 0 Å². The maximum atomic E-state index is 9.25. The molecule has 0 aliphatic heterocycles. The van der Waals surface area contributed by atoms with Gasteiger partial charge in [-0.15, -0.1) is 0 Å². The second kappa shape index (κ2) is 5.86. The van der Waals surface area contributed by atoms with Crippen LogP contribution in [-0.4, -0.2) is 34.3 Å². The molecule has 1 rings (SSSR count). The lowest BCUT2D eigenvalue weighted by Crippen LogP contribution is -2.21. The number of aliphatic hydroxyl groups is 1. The molecule has 0 saturated heterocycles. The van der Waals surface area contributed by atoms with Crippen LogP contribution in [0, 0.1) is 0 Å². The van der Waals surface area contributed by atoms with Gasteiger partial charge in [-0.05, 0) is 20.3 Å². The Morgan fingerprint density at radius 1 is 1.50 bits per heavy atom. The third-order valence-electron chi connectivity index (χ3n) is 2.04. The summed E-state index contributed by atoms with van der Waals surface area (Å²) < 4.78 is 5.10. The molecule has 0 saturated carbocycles. The fraction of sp³-hybridized carbons (Fsp3) is 0.600. The molecule has 2 atom stereocenters. The molecule has 90 valence electrons. The third kappa shape index (κ3) is 3.50. The van der Waals surface area contributed by atoms with E-state index < -0.39 is 0 Å². The highest BCUT2D eigenvalue weighted by molar-refractivity contribution is 6.31. The largest absolute Gasteiger partial charge is 0.490 e. The number of anilines is 1. The zero-order valence-corrected chi connectivity index (χ0v) is 10.3. The topological polar surface area (TPSA) is 67.3 Å². The van der Waals surface area contributed by atoms with Crippen LogP contribution in [0.1, 0.15) is 20.3 Å². The molecular formula is C10H16ClN3O2. The van der Waals surface area contributed by atoms with E-state index in [1.807, 2.05) is 6.92 Å². The van der Waals surface area contributed by atoms with E-state index in [4.69, 9.17) is 16.3 Å². The lowest BCUT2D eigenvalue weighted by Gasteiger charge is -2.17. The summed E-state index contributed by atoms with van der Waals surface area (Å²) in [6.07, 6.45) is 1.61. The van der Waals surface area contributed by atoms with Crippen molar-refractivity contribution in [3.05, 3.63) is 11.5 Å². The number of nitrogens with one attached hydrogen (secondary N) is 1. The van der Waals surface area contributed by atoms with Gasteiger partial charge in [0.25, 0.3) is 0 Å². The van der Waals surface area contributed by atoms with Crippen LogP contribution in [0.15, 0.2) is 6.33 Å². The minimum atomic E-state index is -0.370. The van der Waals surface area contributed by atoms with Gasteiger partial charge in [0.2, 0.25) is 0 Å². The summed E-state index contributed by atoms with van der Waals surface area (Å²) in [6.45, 7) is 3.69. The number of ether oxygens (including phenoxy) is 1. The van der Waals surface area contributed by atoms with Gasteiger partial charge >= 0.3 is 0 Å². The van der Waals surface area contributed by atoms with E-state index in [2.05, 4.69) is 15.3 Å². The highest BCUT2D eigenvalue weighted by atomic mass is 35.5. The number of hydrogen-bond donors (Lipinski definition) is 2. The van der Waals surface area contributed by atoms with Crippen molar-refractivity contribution in [1.29, 1.82) is 0 Å². The molecule has 1 heterocycles. The molecule has 0 aliphatic carbocycles. The van der Waals surface area contributed by atoms with Gasteiger partial charge in [0.1, 0.15) is 6.33 Å². The van der Waals surface area contributed by atoms with E-state index in [9.17, 15) is 5.11 Å². The second-order valence-electron chi connectivity index (χ2n) is 3.68. The van der Waals surface area contributed by atoms with Crippen molar-refractivity contribution in [3.8, 4) is 5.75 Å². The Bertz CT molecular complexity index is 347. The van der Waals surface area contributed by atoms with E-state index in [-0.39, 0.29) is 17.3 Å². The van der Waals surface area contributed by atoms with Gasteiger partial charge in [-0.1, -0.05) is 11.6 Å². The summed E-state index contributed by atoms with van der Waals surface area (Å²) in [7, 11) is 1.51. The summed E-state index contributed by atoms with van der Waals surface area (Å²) in [5, 5.41) is 12.6. The standard InChI is InChI=1S/C10H16ClN3O2/c1-6(4-7(2)15)14-10-8(16-3)9(11)12-5-13-10/h5-7,15H,4H2,1-3H3,(H,12,13,14). The van der Waals surface area contributed by atoms with Crippen molar-refractivity contribution in [2.75, 3.05) is 12.4 Å². The lowest BCUT2D eigenvalue weighted by molar-refractivity contribution is 0.179. The molecule has 0 bridgehead atoms. The summed E-state index contributed by atoms with van der Waals surface area (Å²) in [6, 6.07) is 0.0693. The van der Waals surface area contributed by atoms with Crippen LogP contribution in [0.2, 0.25) is 5.15 Å². The van der Waals surface area contributed by atoms with Crippen molar-refractivity contribution < 1.29 is 9.84 Å². The number of hydrogen-bond acceptors (Lipinski definition) is 5. The zero-order chi connectivity index (χ0) is 12.1. The molecule has 1 aromatic heterocycles. The number of aliphatic hydroxyl groups excluding tert-OH is 1. The minimum absolute atomic E-state index is 0.0693. The Kier molecular flexibility index (Phi) is 4.76. The molecule has 0 aliphatic rings. The number of rotatable bonds is 5. The lowest BCUT2D eigenvalue weighted by atomic mass is 10.1. The number of methoxy groups -OCH3 is 1. The summed E-state index contributed by atoms with van der Waals surface area (Å²) in [5.74, 6) is 0.956. The van der Waals surface area contributed by atoms with Gasteiger partial charge in [0, 0.05) is 6.04 Å². The van der Waals surface area contributed by atoms with Crippen molar-refractivity contribution in [2.24, 2.45) is 0 Å². The van der Waals surface area contributed by atoms with Crippen LogP contribution in [-0.2, 0) is 0 Å². The first-order valence-corrected chi connectivity index (χ1v) is 5.41. The van der Waals surface area contributed by atoms with Gasteiger partial charge in [-0.2, -0.15) is 0 Å². The van der Waals surface area contributed by atoms with E-state index in [0.29, 0.717) is 18.0 Å². The number of aromatic nitrogens is 2. The number of halogens is 1. The van der Waals surface area contributed by atoms with Crippen LogP contribution in [0.5, 0.6) is 5.75 Å². The number of nitrogens with zero attached hydrogens (tertiary/aromatic N) is 2. The Labute approximate surface area is 99.8 Å². The molecule has 0 radical (unpaired) electrons. The normalized spacial score (nSPS) is 14.3. The van der Waals surface area contributed by atoms with E-state index >= 15 is 0 Å². The maximum absolute atomic E-state index is 9.25. The molecule has 2 unspecified atom stereocenters. The van der Waals surface area contributed by atoms with Crippen molar-refractivity contribution in [3.63, 3.8) is 0 Å². The van der Waals surface area contributed by atoms with Gasteiger partial charge in [-0.3, -0.25) is 0 Å². The molecule has 2 N–H and O–H groups in total. The smallest absolute Gasteiger partial charge is 0.198 e. The first-order valence-electron chi connectivity index (χ1n) is 5.03. The SMILES string of the molecule is COc1c(Cl)ncnc1NC(C)CC(C)O. The van der Waals surface area contributed by atoms with Gasteiger partial charge in [0.15, 0.2) is 16.7 Å². The van der Waals surface area contributed by atoms with E-state index in [1.165, 1.54) is 13.4 Å². The molecule has 0 amide bonds. The Morgan fingerprint density at radius 3 is 2.75 bits per heavy atom. The summed E-state index contributed by atoms with van der Waals surface area (Å²) >= 11 is 5.85. The predicted octanol–water partition coefficient (Wildman–Crippen LogP) is 1.71. The highest BCUT2D eigenvalue weighted by Gasteiger charge is 2.13. The van der Waals surface area contributed by atoms with E-state index in [1.54, 1.807) is 6.92 Å². The maximum Gasteiger partial charge on any atom is 0.198 e. The first-order chi connectivity index (χ1) is 7.54. The predicted molar refractivity (Wildman–Crippen MR) is 63.0 cm³/mol. The molecular weight excluding hydrogens is 230 g/mol. The van der Waals surface area contributed by atoms with Crippen LogP contribution in [0.4, 0.5) is 5.82 Å². The minimum Gasteiger partial charge on any atom is -0.490 e. The molecule has 5 nitrogen and oxygen atoms in total. The van der Waals surface area contributed by atoms with Crippen molar-refractivity contribution >= 4 is 17.4 Å². The molecule has 6 heteroatoms. The third-order valence-corrected chi connectivity index (χ3v) is 2.31. The Balaban J connectivity index is 2.76. The fourth-order valence-electron chi connectivity index (χ4n) is 1.44. The van der Waals surface area contributed by atoms with Gasteiger partial charge < -0.3 is 15.2 Å². The second-order valence-corrected chi connectivity index (χ2v) is 4.03. The van der Waals surface area contributed by atoms with Crippen LogP contribution >= 0.6 is 11.6 Å². The van der Waals surface area contributed by atoms with E-state index in [0.717, 1.165) is 0 Å². The highest BCUT2D eigenvalue weighted by Crippen LogP contribution is 2.28. The molecule has 16 heavy (non-hydrogen) atoms. The van der Waals surface area contributed by atoms with Crippen molar-refractivity contribution in [2.45, 2.75) is 32.4 Å². The van der Waals surface area contributed by atoms with Gasteiger partial charge in [0.05, 0.1) is 13.2 Å².